The fourth-order valence-electron chi connectivity index (χ4n) is 1.38. The normalized spacial score (nSPS) is 11.9. The van der Waals surface area contributed by atoms with E-state index in [1.165, 1.54) is 12.1 Å². The maximum Gasteiger partial charge on any atom is 0.295 e. The van der Waals surface area contributed by atoms with E-state index in [0.29, 0.717) is 0 Å². The van der Waals surface area contributed by atoms with E-state index in [1.807, 2.05) is 0 Å². The highest BCUT2D eigenvalue weighted by atomic mass is 35.5. The number of aromatic hydroxyl groups is 1. The lowest BCUT2D eigenvalue weighted by molar-refractivity contribution is 0.478. The van der Waals surface area contributed by atoms with Crippen molar-refractivity contribution in [1.29, 1.82) is 0 Å². The number of aromatic nitrogens is 1. The summed E-state index contributed by atoms with van der Waals surface area (Å²) in [4.78, 5) is 3.47. The smallest absolute Gasteiger partial charge is 0.295 e. The van der Waals surface area contributed by atoms with Crippen molar-refractivity contribution in [2.75, 3.05) is 0 Å². The third-order valence-electron chi connectivity index (χ3n) is 2.04. The van der Waals surface area contributed by atoms with E-state index in [0.717, 1.165) is 12.1 Å². The number of rotatable bonds is 1. The SMILES string of the molecule is O=S(=O)(O)c1ccc(O)c2nc(Cl)ccc12. The first-order chi connectivity index (χ1) is 7.39. The van der Waals surface area contributed by atoms with E-state index in [-0.39, 0.29) is 26.7 Å². The van der Waals surface area contributed by atoms with Crippen LogP contribution in [0.2, 0.25) is 5.15 Å². The van der Waals surface area contributed by atoms with E-state index < -0.39 is 10.1 Å². The van der Waals surface area contributed by atoms with Crippen LogP contribution in [0.5, 0.6) is 5.75 Å². The van der Waals surface area contributed by atoms with Crippen LogP contribution in [0.1, 0.15) is 0 Å². The van der Waals surface area contributed by atoms with Gasteiger partial charge in [0.2, 0.25) is 0 Å². The molecule has 0 saturated carbocycles. The summed E-state index contributed by atoms with van der Waals surface area (Å²) in [6.45, 7) is 0. The minimum atomic E-state index is -4.35. The van der Waals surface area contributed by atoms with E-state index in [2.05, 4.69) is 4.98 Å². The molecule has 1 aromatic heterocycles. The molecule has 0 bridgehead atoms. The zero-order valence-electron chi connectivity index (χ0n) is 7.75. The predicted molar refractivity (Wildman–Crippen MR) is 58.2 cm³/mol. The van der Waals surface area contributed by atoms with Gasteiger partial charge in [-0.1, -0.05) is 11.6 Å². The van der Waals surface area contributed by atoms with Crippen LogP contribution in [0.4, 0.5) is 0 Å². The van der Waals surface area contributed by atoms with Crippen LogP contribution >= 0.6 is 11.6 Å². The van der Waals surface area contributed by atoms with Gasteiger partial charge in [0, 0.05) is 5.39 Å². The average molecular weight is 260 g/mol. The molecule has 2 aromatic rings. The van der Waals surface area contributed by atoms with E-state index in [1.54, 1.807) is 0 Å². The minimum absolute atomic E-state index is 0.0302. The van der Waals surface area contributed by atoms with Gasteiger partial charge in [0.25, 0.3) is 10.1 Å². The number of pyridine rings is 1. The van der Waals surface area contributed by atoms with Crippen LogP contribution in [-0.4, -0.2) is 23.1 Å². The third kappa shape index (κ3) is 1.82. The molecule has 0 spiro atoms. The maximum absolute atomic E-state index is 11.1. The van der Waals surface area contributed by atoms with Crippen LogP contribution in [0.15, 0.2) is 29.2 Å². The Morgan fingerprint density at radius 2 is 1.88 bits per heavy atom. The zero-order chi connectivity index (χ0) is 11.9. The molecule has 84 valence electrons. The van der Waals surface area contributed by atoms with Gasteiger partial charge in [0.1, 0.15) is 21.3 Å². The molecule has 2 rings (SSSR count). The summed E-state index contributed by atoms with van der Waals surface area (Å²) in [5.74, 6) is -0.204. The molecule has 2 N–H and O–H groups in total. The van der Waals surface area contributed by atoms with Crippen molar-refractivity contribution in [3.63, 3.8) is 0 Å². The number of halogens is 1. The molecule has 1 heterocycles. The molecule has 0 unspecified atom stereocenters. The van der Waals surface area contributed by atoms with Crippen molar-refractivity contribution in [3.8, 4) is 5.75 Å². The Morgan fingerprint density at radius 1 is 1.19 bits per heavy atom. The molecular weight excluding hydrogens is 254 g/mol. The maximum atomic E-state index is 11.1. The van der Waals surface area contributed by atoms with Gasteiger partial charge in [-0.3, -0.25) is 4.55 Å². The van der Waals surface area contributed by atoms with Crippen molar-refractivity contribution < 1.29 is 18.1 Å². The summed E-state index contributed by atoms with van der Waals surface area (Å²) in [7, 11) is -4.35. The number of fused-ring (bicyclic) bond motifs is 1. The molecule has 7 heteroatoms. The van der Waals surface area contributed by atoms with Crippen LogP contribution in [0.25, 0.3) is 10.9 Å². The summed E-state index contributed by atoms with van der Waals surface area (Å²) in [6, 6.07) is 4.98. The number of benzene rings is 1. The first-order valence-electron chi connectivity index (χ1n) is 4.15. The average Bonchev–Trinajstić information content (AvgIpc) is 2.17. The summed E-state index contributed by atoms with van der Waals surface area (Å²) in [6.07, 6.45) is 0. The fraction of sp³-hybridized carbons (Fsp3) is 0. The quantitative estimate of drug-likeness (QED) is 0.603. The van der Waals surface area contributed by atoms with Gasteiger partial charge < -0.3 is 5.11 Å². The van der Waals surface area contributed by atoms with Gasteiger partial charge in [0.05, 0.1) is 0 Å². The van der Waals surface area contributed by atoms with Gasteiger partial charge in [0.15, 0.2) is 0 Å². The zero-order valence-corrected chi connectivity index (χ0v) is 9.33. The first kappa shape index (κ1) is 11.1. The lowest BCUT2D eigenvalue weighted by Gasteiger charge is -2.04. The summed E-state index contributed by atoms with van der Waals surface area (Å²) in [5, 5.41) is 9.73. The molecule has 16 heavy (non-hydrogen) atoms. The number of nitrogens with zero attached hydrogens (tertiary/aromatic N) is 1. The Kier molecular flexibility index (Phi) is 2.49. The highest BCUT2D eigenvalue weighted by Crippen LogP contribution is 2.29. The summed E-state index contributed by atoms with van der Waals surface area (Å²) in [5.41, 5.74) is 0.0302. The van der Waals surface area contributed by atoms with Gasteiger partial charge in [-0.05, 0) is 24.3 Å². The molecule has 0 radical (unpaired) electrons. The molecule has 0 aliphatic rings. The second-order valence-electron chi connectivity index (χ2n) is 3.09. The van der Waals surface area contributed by atoms with Crippen LogP contribution in [0.3, 0.4) is 0 Å². The number of phenolic OH excluding ortho intramolecular Hbond substituents is 1. The second kappa shape index (κ2) is 3.58. The van der Waals surface area contributed by atoms with E-state index >= 15 is 0 Å². The highest BCUT2D eigenvalue weighted by Gasteiger charge is 2.16. The number of hydrogen-bond donors (Lipinski definition) is 2. The number of hydrogen-bond acceptors (Lipinski definition) is 4. The minimum Gasteiger partial charge on any atom is -0.506 e. The third-order valence-corrected chi connectivity index (χ3v) is 3.16. The van der Waals surface area contributed by atoms with Gasteiger partial charge in [-0.25, -0.2) is 4.98 Å². The van der Waals surface area contributed by atoms with Crippen molar-refractivity contribution in [2.24, 2.45) is 0 Å². The van der Waals surface area contributed by atoms with Crippen molar-refractivity contribution in [3.05, 3.63) is 29.4 Å². The predicted octanol–water partition coefficient (Wildman–Crippen LogP) is 1.84. The lowest BCUT2D eigenvalue weighted by atomic mass is 10.2. The lowest BCUT2D eigenvalue weighted by Crippen LogP contribution is -1.99. The van der Waals surface area contributed by atoms with Gasteiger partial charge in [-0.2, -0.15) is 8.42 Å². The molecule has 0 amide bonds. The molecule has 0 saturated heterocycles. The molecule has 0 aliphatic heterocycles. The summed E-state index contributed by atoms with van der Waals surface area (Å²) >= 11 is 5.62. The molecule has 0 aliphatic carbocycles. The topological polar surface area (TPSA) is 87.5 Å². The highest BCUT2D eigenvalue weighted by molar-refractivity contribution is 7.86. The van der Waals surface area contributed by atoms with Crippen LogP contribution < -0.4 is 0 Å². The number of phenols is 1. The van der Waals surface area contributed by atoms with E-state index in [4.69, 9.17) is 16.2 Å². The van der Waals surface area contributed by atoms with E-state index in [9.17, 15) is 13.5 Å². The Bertz CT molecular complexity index is 669. The largest absolute Gasteiger partial charge is 0.506 e. The van der Waals surface area contributed by atoms with Crippen molar-refractivity contribution in [1.82, 2.24) is 4.98 Å². The molecule has 1 aromatic carbocycles. The second-order valence-corrected chi connectivity index (χ2v) is 4.87. The monoisotopic (exact) mass is 259 g/mol. The Balaban J connectivity index is 2.96. The first-order valence-corrected chi connectivity index (χ1v) is 5.97. The van der Waals surface area contributed by atoms with Crippen molar-refractivity contribution >= 4 is 32.6 Å². The Morgan fingerprint density at radius 3 is 2.50 bits per heavy atom. The molecule has 0 fully saturated rings. The van der Waals surface area contributed by atoms with Crippen LogP contribution in [-0.2, 0) is 10.1 Å². The molecular formula is C9H6ClNO4S. The van der Waals surface area contributed by atoms with Crippen molar-refractivity contribution in [2.45, 2.75) is 4.90 Å². The summed E-state index contributed by atoms with van der Waals surface area (Å²) < 4.78 is 31.1. The molecule has 5 nitrogen and oxygen atoms in total. The van der Waals surface area contributed by atoms with Crippen LogP contribution in [0, 0.1) is 0 Å². The Labute approximate surface area is 96.1 Å². The standard InChI is InChI=1S/C9H6ClNO4S/c10-8-4-1-5-7(16(13,14)15)3-2-6(12)9(5)11-8/h1-4,12H,(H,13,14,15). The van der Waals surface area contributed by atoms with Gasteiger partial charge in [-0.15, -0.1) is 0 Å². The van der Waals surface area contributed by atoms with Gasteiger partial charge >= 0.3 is 0 Å². The Hall–Kier alpha value is -1.37. The fourth-order valence-corrected chi connectivity index (χ4v) is 2.21. The molecule has 0 atom stereocenters.